The highest BCUT2D eigenvalue weighted by Crippen LogP contribution is 2.17. The second kappa shape index (κ2) is 7.27. The van der Waals surface area contributed by atoms with Gasteiger partial charge in [-0.15, -0.1) is 0 Å². The zero-order valence-corrected chi connectivity index (χ0v) is 13.8. The molecule has 1 amide bonds. The summed E-state index contributed by atoms with van der Waals surface area (Å²) < 4.78 is 1.87. The van der Waals surface area contributed by atoms with Crippen molar-refractivity contribution in [1.29, 1.82) is 0 Å². The van der Waals surface area contributed by atoms with Crippen molar-refractivity contribution < 1.29 is 4.79 Å². The minimum Gasteiger partial charge on any atom is -0.346 e. The molecule has 0 aliphatic rings. The van der Waals surface area contributed by atoms with Crippen LogP contribution in [0.3, 0.4) is 0 Å². The van der Waals surface area contributed by atoms with Crippen LogP contribution in [0.25, 0.3) is 6.08 Å². The molecule has 0 bridgehead atoms. The van der Waals surface area contributed by atoms with Gasteiger partial charge in [0.15, 0.2) is 0 Å². The number of aromatic nitrogens is 2. The van der Waals surface area contributed by atoms with Crippen molar-refractivity contribution >= 4 is 23.6 Å². The smallest absolute Gasteiger partial charge is 0.244 e. The molecule has 2 rings (SSSR count). The van der Waals surface area contributed by atoms with Crippen molar-refractivity contribution in [3.63, 3.8) is 0 Å². The van der Waals surface area contributed by atoms with E-state index in [1.54, 1.807) is 12.1 Å². The first-order chi connectivity index (χ1) is 10.5. The molecular formula is C17H20ClN3O. The number of rotatable bonds is 5. The van der Waals surface area contributed by atoms with Crippen LogP contribution in [0.4, 0.5) is 0 Å². The Morgan fingerprint density at radius 1 is 1.45 bits per heavy atom. The maximum absolute atomic E-state index is 12.0. The van der Waals surface area contributed by atoms with Crippen molar-refractivity contribution in [2.75, 3.05) is 0 Å². The van der Waals surface area contributed by atoms with Crippen LogP contribution in [0.5, 0.6) is 0 Å². The lowest BCUT2D eigenvalue weighted by Gasteiger charge is -2.11. The quantitative estimate of drug-likeness (QED) is 0.854. The van der Waals surface area contributed by atoms with Gasteiger partial charge in [0, 0.05) is 29.4 Å². The normalized spacial score (nSPS) is 12.5. The lowest BCUT2D eigenvalue weighted by molar-refractivity contribution is -0.117. The number of benzene rings is 1. The molecule has 0 fully saturated rings. The predicted molar refractivity (Wildman–Crippen MR) is 89.7 cm³/mol. The standard InChI is InChI=1S/C17H20ClN3O/c1-4-21-11-15(13(3)20-21)12(2)19-17(22)10-9-14-7-5-6-8-16(14)18/h5-12H,4H2,1-3H3,(H,19,22)/b10-9+. The van der Waals surface area contributed by atoms with Crippen LogP contribution in [0.15, 0.2) is 36.5 Å². The summed E-state index contributed by atoms with van der Waals surface area (Å²) in [6.45, 7) is 6.74. The molecule has 1 aromatic carbocycles. The summed E-state index contributed by atoms with van der Waals surface area (Å²) >= 11 is 6.05. The van der Waals surface area contributed by atoms with E-state index in [-0.39, 0.29) is 11.9 Å². The summed E-state index contributed by atoms with van der Waals surface area (Å²) in [6.07, 6.45) is 5.18. The number of nitrogens with zero attached hydrogens (tertiary/aromatic N) is 2. The van der Waals surface area contributed by atoms with Gasteiger partial charge in [0.1, 0.15) is 0 Å². The van der Waals surface area contributed by atoms with Crippen molar-refractivity contribution in [1.82, 2.24) is 15.1 Å². The van der Waals surface area contributed by atoms with Crippen LogP contribution >= 0.6 is 11.6 Å². The highest BCUT2D eigenvalue weighted by atomic mass is 35.5. The van der Waals surface area contributed by atoms with E-state index >= 15 is 0 Å². The molecule has 1 N–H and O–H groups in total. The molecule has 0 aliphatic heterocycles. The van der Waals surface area contributed by atoms with E-state index in [4.69, 9.17) is 11.6 Å². The molecule has 1 aromatic heterocycles. The Morgan fingerprint density at radius 2 is 2.18 bits per heavy atom. The molecule has 116 valence electrons. The number of carbonyl (C=O) groups excluding carboxylic acids is 1. The molecule has 1 unspecified atom stereocenters. The maximum atomic E-state index is 12.0. The number of aryl methyl sites for hydroxylation is 2. The Hall–Kier alpha value is -2.07. The van der Waals surface area contributed by atoms with E-state index in [9.17, 15) is 4.79 Å². The van der Waals surface area contributed by atoms with E-state index in [0.717, 1.165) is 23.4 Å². The summed E-state index contributed by atoms with van der Waals surface area (Å²) in [5.74, 6) is -0.156. The highest BCUT2D eigenvalue weighted by Gasteiger charge is 2.13. The van der Waals surface area contributed by atoms with Crippen LogP contribution in [0.2, 0.25) is 5.02 Å². The van der Waals surface area contributed by atoms with Gasteiger partial charge in [-0.2, -0.15) is 5.10 Å². The Kier molecular flexibility index (Phi) is 5.39. The fourth-order valence-corrected chi connectivity index (χ4v) is 2.43. The molecule has 0 aliphatic carbocycles. The maximum Gasteiger partial charge on any atom is 0.244 e. The van der Waals surface area contributed by atoms with E-state index in [1.807, 2.05) is 49.8 Å². The average molecular weight is 318 g/mol. The van der Waals surface area contributed by atoms with Crippen LogP contribution in [0, 0.1) is 6.92 Å². The van der Waals surface area contributed by atoms with Gasteiger partial charge in [0.05, 0.1) is 11.7 Å². The Labute approximate surface area is 135 Å². The topological polar surface area (TPSA) is 46.9 Å². The monoisotopic (exact) mass is 317 g/mol. The molecule has 5 heteroatoms. The van der Waals surface area contributed by atoms with Crippen LogP contribution in [0.1, 0.15) is 36.7 Å². The van der Waals surface area contributed by atoms with Crippen LogP contribution in [-0.2, 0) is 11.3 Å². The summed E-state index contributed by atoms with van der Waals surface area (Å²) in [7, 11) is 0. The summed E-state index contributed by atoms with van der Waals surface area (Å²) in [5.41, 5.74) is 2.79. The van der Waals surface area contributed by atoms with Gasteiger partial charge >= 0.3 is 0 Å². The zero-order chi connectivity index (χ0) is 16.1. The third-order valence-corrected chi connectivity index (χ3v) is 3.80. The fourth-order valence-electron chi connectivity index (χ4n) is 2.24. The Morgan fingerprint density at radius 3 is 2.82 bits per heavy atom. The molecule has 4 nitrogen and oxygen atoms in total. The number of nitrogens with one attached hydrogen (secondary N) is 1. The Balaban J connectivity index is 2.02. The number of hydrogen-bond acceptors (Lipinski definition) is 2. The highest BCUT2D eigenvalue weighted by molar-refractivity contribution is 6.32. The first-order valence-corrected chi connectivity index (χ1v) is 7.66. The molecule has 1 heterocycles. The number of amides is 1. The van der Waals surface area contributed by atoms with Crippen molar-refractivity contribution in [2.45, 2.75) is 33.4 Å². The molecule has 1 atom stereocenters. The van der Waals surface area contributed by atoms with Crippen LogP contribution in [-0.4, -0.2) is 15.7 Å². The van der Waals surface area contributed by atoms with E-state index in [0.29, 0.717) is 5.02 Å². The molecule has 0 saturated heterocycles. The third kappa shape index (κ3) is 3.98. The van der Waals surface area contributed by atoms with E-state index < -0.39 is 0 Å². The van der Waals surface area contributed by atoms with Gasteiger partial charge in [0.25, 0.3) is 0 Å². The lowest BCUT2D eigenvalue weighted by atomic mass is 10.1. The van der Waals surface area contributed by atoms with Gasteiger partial charge < -0.3 is 5.32 Å². The minimum absolute atomic E-state index is 0.0938. The van der Waals surface area contributed by atoms with Crippen molar-refractivity contribution in [3.8, 4) is 0 Å². The van der Waals surface area contributed by atoms with Gasteiger partial charge in [-0.1, -0.05) is 29.8 Å². The number of carbonyl (C=O) groups is 1. The molecule has 22 heavy (non-hydrogen) atoms. The summed E-state index contributed by atoms with van der Waals surface area (Å²) in [5, 5.41) is 7.96. The summed E-state index contributed by atoms with van der Waals surface area (Å²) in [6, 6.07) is 7.31. The second-order valence-electron chi connectivity index (χ2n) is 5.11. The van der Waals surface area contributed by atoms with Gasteiger partial charge in [-0.25, -0.2) is 0 Å². The van der Waals surface area contributed by atoms with Gasteiger partial charge in [0.2, 0.25) is 5.91 Å². The van der Waals surface area contributed by atoms with E-state index in [2.05, 4.69) is 10.4 Å². The zero-order valence-electron chi connectivity index (χ0n) is 13.0. The number of hydrogen-bond donors (Lipinski definition) is 1. The second-order valence-corrected chi connectivity index (χ2v) is 5.52. The average Bonchev–Trinajstić information content (AvgIpc) is 2.87. The van der Waals surface area contributed by atoms with Crippen LogP contribution < -0.4 is 5.32 Å². The molecule has 2 aromatic rings. The molecule has 0 radical (unpaired) electrons. The van der Waals surface area contributed by atoms with Gasteiger partial charge in [-0.05, 0) is 38.5 Å². The SMILES string of the molecule is CCn1cc(C(C)NC(=O)/C=C/c2ccccc2Cl)c(C)n1. The van der Waals surface area contributed by atoms with Crippen molar-refractivity contribution in [2.24, 2.45) is 0 Å². The van der Waals surface area contributed by atoms with E-state index in [1.165, 1.54) is 6.08 Å². The molecular weight excluding hydrogens is 298 g/mol. The predicted octanol–water partition coefficient (Wildman–Crippen LogP) is 3.76. The van der Waals surface area contributed by atoms with Crippen molar-refractivity contribution in [3.05, 3.63) is 58.4 Å². The first-order valence-electron chi connectivity index (χ1n) is 7.28. The number of halogens is 1. The lowest BCUT2D eigenvalue weighted by Crippen LogP contribution is -2.24. The molecule has 0 saturated carbocycles. The first kappa shape index (κ1) is 16.3. The molecule has 0 spiro atoms. The van der Waals surface area contributed by atoms with Gasteiger partial charge in [-0.3, -0.25) is 9.48 Å². The summed E-state index contributed by atoms with van der Waals surface area (Å²) in [4.78, 5) is 12.0. The minimum atomic E-state index is -0.156. The Bertz CT molecular complexity index is 691. The third-order valence-electron chi connectivity index (χ3n) is 3.45. The fraction of sp³-hybridized carbons (Fsp3) is 0.294. The largest absolute Gasteiger partial charge is 0.346 e.